The zero-order valence-corrected chi connectivity index (χ0v) is 9.61. The topological polar surface area (TPSA) is 47.1 Å². The fourth-order valence-electron chi connectivity index (χ4n) is 1.91. The highest BCUT2D eigenvalue weighted by Gasteiger charge is 2.27. The number of aryl methyl sites for hydroxylation is 1. The van der Waals surface area contributed by atoms with Gasteiger partial charge in [-0.2, -0.15) is 0 Å². The Balaban J connectivity index is 2.23. The van der Waals surface area contributed by atoms with E-state index in [0.29, 0.717) is 12.6 Å². The second kappa shape index (κ2) is 4.23. The molecule has 0 bridgehead atoms. The summed E-state index contributed by atoms with van der Waals surface area (Å²) in [4.78, 5) is 6.85. The lowest BCUT2D eigenvalue weighted by atomic mass is 10.5. The number of aromatic nitrogens is 2. The molecule has 2 N–H and O–H groups in total. The van der Waals surface area contributed by atoms with Crippen LogP contribution in [-0.4, -0.2) is 29.2 Å². The summed E-state index contributed by atoms with van der Waals surface area (Å²) < 4.78 is 2.31. The van der Waals surface area contributed by atoms with E-state index in [0.717, 1.165) is 24.7 Å². The van der Waals surface area contributed by atoms with E-state index in [-0.39, 0.29) is 0 Å². The van der Waals surface area contributed by atoms with Gasteiger partial charge in [-0.15, -0.1) is 0 Å². The van der Waals surface area contributed by atoms with Gasteiger partial charge in [0.05, 0.1) is 5.69 Å². The lowest BCUT2D eigenvalue weighted by molar-refractivity contribution is 0.688. The predicted molar refractivity (Wildman–Crippen MR) is 62.2 cm³/mol. The highest BCUT2D eigenvalue weighted by Crippen LogP contribution is 2.38. The first-order valence-electron chi connectivity index (χ1n) is 5.76. The molecule has 2 rings (SSSR count). The minimum atomic E-state index is 0.685. The quantitative estimate of drug-likeness (QED) is 0.793. The van der Waals surface area contributed by atoms with Crippen molar-refractivity contribution in [3.63, 3.8) is 0 Å². The Kier molecular flexibility index (Phi) is 2.95. The predicted octanol–water partition coefficient (Wildman–Crippen LogP) is 1.31. The van der Waals surface area contributed by atoms with Crippen LogP contribution in [-0.2, 0) is 0 Å². The normalized spacial score (nSPS) is 15.7. The minimum absolute atomic E-state index is 0.685. The van der Waals surface area contributed by atoms with Crippen LogP contribution >= 0.6 is 0 Å². The maximum Gasteiger partial charge on any atom is 0.206 e. The summed E-state index contributed by atoms with van der Waals surface area (Å²) in [5, 5.41) is 0. The first-order chi connectivity index (χ1) is 7.26. The van der Waals surface area contributed by atoms with Crippen LogP contribution in [0.4, 0.5) is 5.95 Å². The first-order valence-corrected chi connectivity index (χ1v) is 5.76. The Morgan fingerprint density at radius 3 is 2.87 bits per heavy atom. The van der Waals surface area contributed by atoms with Crippen LogP contribution in [0, 0.1) is 6.92 Å². The van der Waals surface area contributed by atoms with E-state index in [4.69, 9.17) is 5.73 Å². The Bertz CT molecular complexity index is 327. The standard InChI is InChI=1S/C11H20N4/c1-3-14(7-6-12)11-13-9(2)8-15(11)10-4-5-10/h8,10H,3-7,12H2,1-2H3. The van der Waals surface area contributed by atoms with Gasteiger partial charge in [0.25, 0.3) is 0 Å². The van der Waals surface area contributed by atoms with Gasteiger partial charge >= 0.3 is 0 Å². The molecule has 0 radical (unpaired) electrons. The molecule has 0 unspecified atom stereocenters. The lowest BCUT2D eigenvalue weighted by Gasteiger charge is -2.22. The molecule has 1 heterocycles. The van der Waals surface area contributed by atoms with Crippen molar-refractivity contribution < 1.29 is 0 Å². The van der Waals surface area contributed by atoms with Gasteiger partial charge in [0.15, 0.2) is 0 Å². The van der Waals surface area contributed by atoms with Crippen molar-refractivity contribution >= 4 is 5.95 Å². The summed E-state index contributed by atoms with van der Waals surface area (Å²) in [5.41, 5.74) is 6.72. The summed E-state index contributed by atoms with van der Waals surface area (Å²) in [7, 11) is 0. The average molecular weight is 208 g/mol. The number of imidazole rings is 1. The zero-order valence-electron chi connectivity index (χ0n) is 9.61. The Morgan fingerprint density at radius 2 is 2.33 bits per heavy atom. The highest BCUT2D eigenvalue weighted by atomic mass is 15.3. The van der Waals surface area contributed by atoms with Gasteiger partial charge in [0.2, 0.25) is 5.95 Å². The number of hydrogen-bond acceptors (Lipinski definition) is 3. The molecule has 0 saturated heterocycles. The van der Waals surface area contributed by atoms with Gasteiger partial charge in [-0.05, 0) is 26.7 Å². The van der Waals surface area contributed by atoms with E-state index in [1.165, 1.54) is 12.8 Å². The van der Waals surface area contributed by atoms with E-state index < -0.39 is 0 Å². The minimum Gasteiger partial charge on any atom is -0.341 e. The second-order valence-electron chi connectivity index (χ2n) is 4.19. The summed E-state index contributed by atoms with van der Waals surface area (Å²) in [5.74, 6) is 1.10. The van der Waals surface area contributed by atoms with Crippen LogP contribution in [0.15, 0.2) is 6.20 Å². The van der Waals surface area contributed by atoms with E-state index in [1.807, 2.05) is 0 Å². The molecule has 0 atom stereocenters. The molecule has 0 aliphatic heterocycles. The molecule has 0 spiro atoms. The van der Waals surface area contributed by atoms with Crippen molar-refractivity contribution in [2.45, 2.75) is 32.7 Å². The SMILES string of the molecule is CCN(CCN)c1nc(C)cn1C1CC1. The molecule has 1 saturated carbocycles. The van der Waals surface area contributed by atoms with Crippen LogP contribution in [0.5, 0.6) is 0 Å². The molecular formula is C11H20N4. The van der Waals surface area contributed by atoms with Gasteiger partial charge in [-0.3, -0.25) is 0 Å². The van der Waals surface area contributed by atoms with Gasteiger partial charge in [0.1, 0.15) is 0 Å². The van der Waals surface area contributed by atoms with Crippen molar-refractivity contribution in [2.24, 2.45) is 5.73 Å². The number of rotatable bonds is 5. The molecule has 0 aromatic carbocycles. The molecule has 84 valence electrons. The van der Waals surface area contributed by atoms with Crippen molar-refractivity contribution in [1.82, 2.24) is 9.55 Å². The number of nitrogens with zero attached hydrogens (tertiary/aromatic N) is 3. The molecule has 0 amide bonds. The molecular weight excluding hydrogens is 188 g/mol. The van der Waals surface area contributed by atoms with Crippen LogP contribution in [0.1, 0.15) is 31.5 Å². The summed E-state index contributed by atoms with van der Waals surface area (Å²) in [6.45, 7) is 6.75. The van der Waals surface area contributed by atoms with Crippen molar-refractivity contribution in [2.75, 3.05) is 24.5 Å². The maximum absolute atomic E-state index is 5.61. The first kappa shape index (κ1) is 10.5. The van der Waals surface area contributed by atoms with Crippen molar-refractivity contribution in [3.8, 4) is 0 Å². The molecule has 4 heteroatoms. The monoisotopic (exact) mass is 208 g/mol. The number of nitrogens with two attached hydrogens (primary N) is 1. The van der Waals surface area contributed by atoms with Crippen molar-refractivity contribution in [1.29, 1.82) is 0 Å². The molecule has 15 heavy (non-hydrogen) atoms. The Morgan fingerprint density at radius 1 is 1.60 bits per heavy atom. The van der Waals surface area contributed by atoms with Gasteiger partial charge in [0, 0.05) is 31.9 Å². The van der Waals surface area contributed by atoms with E-state index in [1.54, 1.807) is 0 Å². The highest BCUT2D eigenvalue weighted by molar-refractivity contribution is 5.34. The maximum atomic E-state index is 5.61. The average Bonchev–Trinajstić information content (AvgIpc) is 2.99. The summed E-state index contributed by atoms with van der Waals surface area (Å²) in [6.07, 6.45) is 4.75. The number of likely N-dealkylation sites (N-methyl/N-ethyl adjacent to an activating group) is 1. The van der Waals surface area contributed by atoms with Crippen molar-refractivity contribution in [3.05, 3.63) is 11.9 Å². The summed E-state index contributed by atoms with van der Waals surface area (Å²) >= 11 is 0. The molecule has 1 aliphatic carbocycles. The van der Waals surface area contributed by atoms with Crippen LogP contribution < -0.4 is 10.6 Å². The number of hydrogen-bond donors (Lipinski definition) is 1. The van der Waals surface area contributed by atoms with Crippen LogP contribution in [0.3, 0.4) is 0 Å². The summed E-state index contributed by atoms with van der Waals surface area (Å²) in [6, 6.07) is 0.688. The Hall–Kier alpha value is -1.03. The molecule has 4 nitrogen and oxygen atoms in total. The van der Waals surface area contributed by atoms with Crippen LogP contribution in [0.25, 0.3) is 0 Å². The van der Waals surface area contributed by atoms with E-state index >= 15 is 0 Å². The fraction of sp³-hybridized carbons (Fsp3) is 0.727. The fourth-order valence-corrected chi connectivity index (χ4v) is 1.91. The van der Waals surface area contributed by atoms with Gasteiger partial charge in [-0.1, -0.05) is 0 Å². The van der Waals surface area contributed by atoms with Crippen LogP contribution in [0.2, 0.25) is 0 Å². The zero-order chi connectivity index (χ0) is 10.8. The van der Waals surface area contributed by atoms with E-state index in [2.05, 4.69) is 34.5 Å². The third-order valence-electron chi connectivity index (χ3n) is 2.84. The van der Waals surface area contributed by atoms with E-state index in [9.17, 15) is 0 Å². The smallest absolute Gasteiger partial charge is 0.206 e. The largest absolute Gasteiger partial charge is 0.341 e. The van der Waals surface area contributed by atoms with Gasteiger partial charge in [-0.25, -0.2) is 4.98 Å². The molecule has 1 aliphatic rings. The Labute approximate surface area is 91.1 Å². The molecule has 1 fully saturated rings. The lowest BCUT2D eigenvalue weighted by Crippen LogP contribution is -2.31. The van der Waals surface area contributed by atoms with Gasteiger partial charge < -0.3 is 15.2 Å². The third kappa shape index (κ3) is 2.15. The number of anilines is 1. The molecule has 1 aromatic heterocycles. The second-order valence-corrected chi connectivity index (χ2v) is 4.19. The molecule has 1 aromatic rings. The third-order valence-corrected chi connectivity index (χ3v) is 2.84.